The van der Waals surface area contributed by atoms with Gasteiger partial charge in [0.2, 0.25) is 5.95 Å². The summed E-state index contributed by atoms with van der Waals surface area (Å²) in [5.74, 6) is 1.11. The number of ether oxygens (including phenoxy) is 1. The van der Waals surface area contributed by atoms with Gasteiger partial charge in [0.25, 0.3) is 5.91 Å². The summed E-state index contributed by atoms with van der Waals surface area (Å²) < 4.78 is 19.4. The van der Waals surface area contributed by atoms with Crippen LogP contribution in [0.2, 0.25) is 0 Å². The van der Waals surface area contributed by atoms with Crippen LogP contribution in [0.5, 0.6) is 11.5 Å². The van der Waals surface area contributed by atoms with Gasteiger partial charge >= 0.3 is 0 Å². The highest BCUT2D eigenvalue weighted by atomic mass is 19.1. The Labute approximate surface area is 176 Å². The molecule has 6 heteroatoms. The second-order valence-corrected chi connectivity index (χ2v) is 7.71. The minimum Gasteiger partial charge on any atom is -0.457 e. The van der Waals surface area contributed by atoms with Crippen molar-refractivity contribution in [1.82, 2.24) is 4.98 Å². The van der Waals surface area contributed by atoms with E-state index in [9.17, 15) is 9.18 Å². The number of aryl methyl sites for hydroxylation is 1. The van der Waals surface area contributed by atoms with Gasteiger partial charge in [-0.3, -0.25) is 4.79 Å². The predicted octanol–water partition coefficient (Wildman–Crippen LogP) is 5.92. The van der Waals surface area contributed by atoms with Gasteiger partial charge in [-0.1, -0.05) is 32.9 Å². The molecule has 5 nitrogen and oxygen atoms in total. The van der Waals surface area contributed by atoms with Crippen molar-refractivity contribution in [2.24, 2.45) is 5.92 Å². The van der Waals surface area contributed by atoms with Crippen molar-refractivity contribution in [2.45, 2.75) is 33.6 Å². The van der Waals surface area contributed by atoms with E-state index in [0.29, 0.717) is 23.3 Å². The summed E-state index contributed by atoms with van der Waals surface area (Å²) in [5.41, 5.74) is 7.86. The first-order valence-electron chi connectivity index (χ1n) is 9.86. The van der Waals surface area contributed by atoms with Crippen LogP contribution in [0.4, 0.5) is 15.9 Å². The Morgan fingerprint density at radius 3 is 2.43 bits per heavy atom. The van der Waals surface area contributed by atoms with Gasteiger partial charge in [-0.05, 0) is 66.8 Å². The number of hydrogen-bond acceptors (Lipinski definition) is 4. The molecular formula is C24H26FN3O2. The Hall–Kier alpha value is -3.41. The van der Waals surface area contributed by atoms with E-state index in [-0.39, 0.29) is 16.9 Å². The quantitative estimate of drug-likeness (QED) is 0.498. The molecule has 1 unspecified atom stereocenters. The first kappa shape index (κ1) is 21.3. The molecule has 1 heterocycles. The molecule has 0 saturated heterocycles. The lowest BCUT2D eigenvalue weighted by atomic mass is 9.90. The second-order valence-electron chi connectivity index (χ2n) is 7.71. The zero-order chi connectivity index (χ0) is 21.8. The zero-order valence-corrected chi connectivity index (χ0v) is 17.6. The second kappa shape index (κ2) is 8.95. The topological polar surface area (TPSA) is 77.2 Å². The maximum atomic E-state index is 13.4. The van der Waals surface area contributed by atoms with Gasteiger partial charge in [-0.15, -0.1) is 0 Å². The molecule has 0 saturated carbocycles. The Balaban J connectivity index is 1.69. The van der Waals surface area contributed by atoms with Crippen molar-refractivity contribution in [2.75, 3.05) is 11.1 Å². The summed E-state index contributed by atoms with van der Waals surface area (Å²) in [5, 5.41) is 2.74. The minimum absolute atomic E-state index is 0.130. The number of pyridine rings is 1. The number of benzene rings is 2. The highest BCUT2D eigenvalue weighted by molar-refractivity contribution is 6.07. The van der Waals surface area contributed by atoms with Crippen LogP contribution >= 0.6 is 0 Å². The summed E-state index contributed by atoms with van der Waals surface area (Å²) in [6.07, 6.45) is 0. The molecule has 0 spiro atoms. The molecule has 3 N–H and O–H groups in total. The lowest BCUT2D eigenvalue weighted by Crippen LogP contribution is -2.16. The Kier molecular flexibility index (Phi) is 6.35. The highest BCUT2D eigenvalue weighted by Crippen LogP contribution is 2.29. The van der Waals surface area contributed by atoms with Crippen LogP contribution in [0.15, 0.2) is 54.6 Å². The molecule has 0 aliphatic carbocycles. The fourth-order valence-electron chi connectivity index (χ4n) is 2.97. The van der Waals surface area contributed by atoms with Crippen LogP contribution in [0.1, 0.15) is 48.2 Å². The van der Waals surface area contributed by atoms with Crippen LogP contribution in [0, 0.1) is 18.8 Å². The first-order chi connectivity index (χ1) is 14.2. The first-order valence-corrected chi connectivity index (χ1v) is 9.86. The molecule has 1 amide bonds. The van der Waals surface area contributed by atoms with E-state index in [4.69, 9.17) is 10.5 Å². The number of halogens is 1. The monoisotopic (exact) mass is 407 g/mol. The number of carbonyl (C=O) groups excluding carboxylic acids is 1. The number of anilines is 2. The van der Waals surface area contributed by atoms with Gasteiger partial charge in [-0.2, -0.15) is 4.39 Å². The van der Waals surface area contributed by atoms with Crippen molar-refractivity contribution in [3.8, 4) is 11.5 Å². The molecule has 1 atom stereocenters. The van der Waals surface area contributed by atoms with E-state index in [1.807, 2.05) is 18.2 Å². The smallest absolute Gasteiger partial charge is 0.259 e. The van der Waals surface area contributed by atoms with Crippen molar-refractivity contribution in [3.63, 3.8) is 0 Å². The zero-order valence-electron chi connectivity index (χ0n) is 17.6. The fraction of sp³-hybridized carbons (Fsp3) is 0.250. The van der Waals surface area contributed by atoms with E-state index in [1.165, 1.54) is 18.6 Å². The number of amides is 1. The van der Waals surface area contributed by atoms with Crippen LogP contribution in [0.25, 0.3) is 0 Å². The predicted molar refractivity (Wildman–Crippen MR) is 118 cm³/mol. The third-order valence-electron chi connectivity index (χ3n) is 5.16. The van der Waals surface area contributed by atoms with Gasteiger partial charge in [0.1, 0.15) is 17.3 Å². The summed E-state index contributed by atoms with van der Waals surface area (Å²) in [6, 6.07) is 16.4. The van der Waals surface area contributed by atoms with Crippen LogP contribution < -0.4 is 15.8 Å². The van der Waals surface area contributed by atoms with Gasteiger partial charge in [-0.25, -0.2) is 4.98 Å². The van der Waals surface area contributed by atoms with E-state index < -0.39 is 11.9 Å². The van der Waals surface area contributed by atoms with Crippen molar-refractivity contribution < 1.29 is 13.9 Å². The number of aromatic nitrogens is 1. The summed E-state index contributed by atoms with van der Waals surface area (Å²) >= 11 is 0. The van der Waals surface area contributed by atoms with Gasteiger partial charge < -0.3 is 15.8 Å². The third-order valence-corrected chi connectivity index (χ3v) is 5.16. The minimum atomic E-state index is -0.683. The highest BCUT2D eigenvalue weighted by Gasteiger charge is 2.15. The maximum Gasteiger partial charge on any atom is 0.259 e. The molecule has 0 aliphatic rings. The summed E-state index contributed by atoms with van der Waals surface area (Å²) in [6.45, 7) is 8.12. The number of nitrogens with one attached hydrogen (secondary N) is 1. The molecule has 30 heavy (non-hydrogen) atoms. The summed E-state index contributed by atoms with van der Waals surface area (Å²) in [4.78, 5) is 16.0. The van der Waals surface area contributed by atoms with Crippen LogP contribution in [-0.2, 0) is 0 Å². The molecule has 156 valence electrons. The SMILES string of the molecule is Cc1cc(C(=O)Nc2ccc(Oc3cccc(C(C)C(C)C)c3)cc2)c(N)nc1F. The average molecular weight is 407 g/mol. The third kappa shape index (κ3) is 4.95. The van der Waals surface area contributed by atoms with Crippen molar-refractivity contribution in [1.29, 1.82) is 0 Å². The Morgan fingerprint density at radius 1 is 1.07 bits per heavy atom. The van der Waals surface area contributed by atoms with Crippen molar-refractivity contribution in [3.05, 3.63) is 77.2 Å². The normalized spacial score (nSPS) is 11.9. The van der Waals surface area contributed by atoms with E-state index in [0.717, 1.165) is 5.75 Å². The van der Waals surface area contributed by atoms with E-state index in [2.05, 4.69) is 37.1 Å². The number of hydrogen-bond donors (Lipinski definition) is 2. The molecular weight excluding hydrogens is 381 g/mol. The number of nitrogens with two attached hydrogens (primary N) is 1. The molecule has 0 bridgehead atoms. The molecule has 3 rings (SSSR count). The number of nitrogens with zero attached hydrogens (tertiary/aromatic N) is 1. The standard InChI is InChI=1S/C24H26FN3O2/c1-14(2)16(4)17-6-5-7-20(13-17)30-19-10-8-18(9-11-19)27-24(29)21-12-15(3)22(25)28-23(21)26/h5-14,16H,1-4H3,(H2,26,28)(H,27,29). The largest absolute Gasteiger partial charge is 0.457 e. The number of nitrogen functional groups attached to an aromatic ring is 1. The van der Waals surface area contributed by atoms with Crippen molar-refractivity contribution >= 4 is 17.4 Å². The van der Waals surface area contributed by atoms with Gasteiger partial charge in [0, 0.05) is 11.3 Å². The maximum absolute atomic E-state index is 13.4. The fourth-order valence-corrected chi connectivity index (χ4v) is 2.97. The summed E-state index contributed by atoms with van der Waals surface area (Å²) in [7, 11) is 0. The lowest BCUT2D eigenvalue weighted by Gasteiger charge is -2.17. The molecule has 0 aliphatic heterocycles. The van der Waals surface area contributed by atoms with Crippen LogP contribution in [-0.4, -0.2) is 10.9 Å². The molecule has 3 aromatic rings. The molecule has 0 fully saturated rings. The number of carbonyl (C=O) groups is 1. The van der Waals surface area contributed by atoms with Crippen LogP contribution in [0.3, 0.4) is 0 Å². The van der Waals surface area contributed by atoms with Gasteiger partial charge in [0.15, 0.2) is 0 Å². The molecule has 2 aromatic carbocycles. The van der Waals surface area contributed by atoms with Gasteiger partial charge in [0.05, 0.1) is 5.56 Å². The number of rotatable bonds is 6. The van der Waals surface area contributed by atoms with E-state index in [1.54, 1.807) is 24.3 Å². The lowest BCUT2D eigenvalue weighted by molar-refractivity contribution is 0.102. The Bertz CT molecular complexity index is 1050. The Morgan fingerprint density at radius 2 is 1.77 bits per heavy atom. The molecule has 1 aromatic heterocycles. The average Bonchev–Trinajstić information content (AvgIpc) is 2.71. The van der Waals surface area contributed by atoms with E-state index >= 15 is 0 Å². The molecule has 0 radical (unpaired) electrons.